The quantitative estimate of drug-likeness (QED) is 0.807. The molecular weight excluding hydrogens is 286 g/mol. The number of aromatic nitrogens is 1. The van der Waals surface area contributed by atoms with Gasteiger partial charge < -0.3 is 9.30 Å². The average Bonchev–Trinajstić information content (AvgIpc) is 2.86. The molecule has 0 saturated heterocycles. The average molecular weight is 307 g/mol. The molecule has 2 aromatic rings. The van der Waals surface area contributed by atoms with Crippen LogP contribution >= 0.6 is 11.3 Å². The number of ether oxygens (including phenoxy) is 1. The third-order valence-corrected chi connectivity index (χ3v) is 4.32. The Morgan fingerprint density at radius 1 is 1.29 bits per heavy atom. The van der Waals surface area contributed by atoms with E-state index in [0.29, 0.717) is 12.3 Å². The Morgan fingerprint density at radius 3 is 2.52 bits per heavy atom. The maximum Gasteiger partial charge on any atom is 0.355 e. The molecule has 0 amide bonds. The smallest absolute Gasteiger partial charge is 0.355 e. The fourth-order valence-corrected chi connectivity index (χ4v) is 3.05. The van der Waals surface area contributed by atoms with Gasteiger partial charge in [0.1, 0.15) is 5.69 Å². The van der Waals surface area contributed by atoms with Crippen LogP contribution in [0.5, 0.6) is 0 Å². The zero-order valence-electron chi connectivity index (χ0n) is 13.1. The van der Waals surface area contributed by atoms with Crippen molar-refractivity contribution in [3.05, 3.63) is 22.7 Å². The van der Waals surface area contributed by atoms with Crippen molar-refractivity contribution in [2.45, 2.75) is 41.2 Å². The Morgan fingerprint density at radius 2 is 1.95 bits per heavy atom. The summed E-state index contributed by atoms with van der Waals surface area (Å²) >= 11 is 1.62. The molecule has 0 aliphatic heterocycles. The van der Waals surface area contributed by atoms with Crippen LogP contribution in [0.25, 0.3) is 10.2 Å². The molecule has 0 spiro atoms. The molecule has 2 aromatic heterocycles. The molecule has 114 valence electrons. The molecule has 0 bridgehead atoms. The molecule has 0 aromatic carbocycles. The third kappa shape index (κ3) is 3.18. The first-order valence-corrected chi connectivity index (χ1v) is 7.85. The number of hydrogen-bond acceptors (Lipinski definition) is 4. The molecular formula is C16H21NO3S. The van der Waals surface area contributed by atoms with Crippen LogP contribution < -0.4 is 0 Å². The summed E-state index contributed by atoms with van der Waals surface area (Å²) in [6.07, 6.45) is 0. The highest BCUT2D eigenvalue weighted by Gasteiger charge is 2.25. The lowest BCUT2D eigenvalue weighted by molar-refractivity contribution is -0.126. The number of carbonyl (C=O) groups is 2. The van der Waals surface area contributed by atoms with Crippen LogP contribution in [0.2, 0.25) is 0 Å². The van der Waals surface area contributed by atoms with Gasteiger partial charge in [0.05, 0.1) is 23.4 Å². The first-order valence-electron chi connectivity index (χ1n) is 7.04. The first-order chi connectivity index (χ1) is 9.74. The Bertz CT molecular complexity index is 688. The molecule has 2 rings (SSSR count). The zero-order valence-corrected chi connectivity index (χ0v) is 14.0. The molecule has 0 unspecified atom stereocenters. The standard InChI is InChI=1S/C16H21NO3S/c1-6-20-15(19)12-8-13-11(7-10(2)21-13)17(12)9-14(18)16(3,4)5/h7-8H,6,9H2,1-5H3. The normalized spacial score (nSPS) is 11.9. The van der Waals surface area contributed by atoms with Gasteiger partial charge in [-0.3, -0.25) is 4.79 Å². The van der Waals surface area contributed by atoms with Crippen molar-refractivity contribution in [3.8, 4) is 0 Å². The highest BCUT2D eigenvalue weighted by Crippen LogP contribution is 2.30. The van der Waals surface area contributed by atoms with E-state index >= 15 is 0 Å². The molecule has 0 aliphatic carbocycles. The van der Waals surface area contributed by atoms with Crippen molar-refractivity contribution in [1.29, 1.82) is 0 Å². The second-order valence-electron chi connectivity index (χ2n) is 6.12. The number of Topliss-reactive ketones (excluding diaryl/α,β-unsaturated/α-hetero) is 1. The van der Waals surface area contributed by atoms with Crippen LogP contribution in [0, 0.1) is 12.3 Å². The fourth-order valence-electron chi connectivity index (χ4n) is 2.09. The summed E-state index contributed by atoms with van der Waals surface area (Å²) < 4.78 is 7.89. The van der Waals surface area contributed by atoms with Gasteiger partial charge in [0.25, 0.3) is 0 Å². The minimum atomic E-state index is -0.437. The summed E-state index contributed by atoms with van der Waals surface area (Å²) in [4.78, 5) is 25.6. The number of nitrogens with zero attached hydrogens (tertiary/aromatic N) is 1. The van der Waals surface area contributed by atoms with Crippen molar-refractivity contribution in [1.82, 2.24) is 4.57 Å². The van der Waals surface area contributed by atoms with Gasteiger partial charge in [-0.1, -0.05) is 20.8 Å². The van der Waals surface area contributed by atoms with E-state index in [1.807, 2.05) is 39.8 Å². The van der Waals surface area contributed by atoms with Crippen LogP contribution in [0.15, 0.2) is 12.1 Å². The van der Waals surface area contributed by atoms with Crippen LogP contribution in [0.1, 0.15) is 43.1 Å². The van der Waals surface area contributed by atoms with E-state index in [4.69, 9.17) is 4.74 Å². The Hall–Kier alpha value is -1.62. The van der Waals surface area contributed by atoms with Crippen LogP contribution in [0.3, 0.4) is 0 Å². The van der Waals surface area contributed by atoms with E-state index in [-0.39, 0.29) is 18.3 Å². The lowest BCUT2D eigenvalue weighted by Gasteiger charge is -2.18. The van der Waals surface area contributed by atoms with E-state index in [9.17, 15) is 9.59 Å². The summed E-state index contributed by atoms with van der Waals surface area (Å²) in [7, 11) is 0. The number of thiophene rings is 1. The molecule has 0 N–H and O–H groups in total. The maximum absolute atomic E-state index is 12.3. The summed E-state index contributed by atoms with van der Waals surface area (Å²) in [5.41, 5.74) is 0.946. The van der Waals surface area contributed by atoms with Gasteiger partial charge in [0.2, 0.25) is 0 Å². The van der Waals surface area contributed by atoms with Crippen molar-refractivity contribution in [3.63, 3.8) is 0 Å². The van der Waals surface area contributed by atoms with Gasteiger partial charge in [-0.2, -0.15) is 0 Å². The topological polar surface area (TPSA) is 48.3 Å². The maximum atomic E-state index is 12.3. The summed E-state index contributed by atoms with van der Waals surface area (Å²) in [6.45, 7) is 9.97. The highest BCUT2D eigenvalue weighted by molar-refractivity contribution is 7.19. The minimum absolute atomic E-state index is 0.0920. The fraction of sp³-hybridized carbons (Fsp3) is 0.500. The van der Waals surface area contributed by atoms with E-state index < -0.39 is 5.41 Å². The second-order valence-corrected chi connectivity index (χ2v) is 7.40. The van der Waals surface area contributed by atoms with Crippen molar-refractivity contribution >= 4 is 33.3 Å². The number of fused-ring (bicyclic) bond motifs is 1. The van der Waals surface area contributed by atoms with E-state index in [1.54, 1.807) is 22.8 Å². The Balaban J connectivity index is 2.49. The number of hydrogen-bond donors (Lipinski definition) is 0. The summed E-state index contributed by atoms with van der Waals surface area (Å²) in [5, 5.41) is 0. The molecule has 0 fully saturated rings. The van der Waals surface area contributed by atoms with Gasteiger partial charge in [-0.25, -0.2) is 4.79 Å². The lowest BCUT2D eigenvalue weighted by Crippen LogP contribution is -2.26. The zero-order chi connectivity index (χ0) is 15.8. The predicted molar refractivity (Wildman–Crippen MR) is 85.0 cm³/mol. The second kappa shape index (κ2) is 5.64. The monoisotopic (exact) mass is 307 g/mol. The van der Waals surface area contributed by atoms with E-state index in [1.165, 1.54) is 0 Å². The van der Waals surface area contributed by atoms with Crippen molar-refractivity contribution < 1.29 is 14.3 Å². The molecule has 0 saturated carbocycles. The summed E-state index contributed by atoms with van der Waals surface area (Å²) in [5.74, 6) is -0.283. The molecule has 2 heterocycles. The van der Waals surface area contributed by atoms with Gasteiger partial charge in [0, 0.05) is 10.3 Å². The number of esters is 1. The SMILES string of the molecule is CCOC(=O)c1cc2sc(C)cc2n1CC(=O)C(C)(C)C. The molecule has 4 nitrogen and oxygen atoms in total. The number of rotatable bonds is 4. The van der Waals surface area contributed by atoms with Gasteiger partial charge in [-0.15, -0.1) is 11.3 Å². The van der Waals surface area contributed by atoms with Crippen molar-refractivity contribution in [2.75, 3.05) is 6.61 Å². The van der Waals surface area contributed by atoms with E-state index in [0.717, 1.165) is 15.1 Å². The molecule has 0 atom stereocenters. The first kappa shape index (κ1) is 15.8. The molecule has 5 heteroatoms. The predicted octanol–water partition coefficient (Wildman–Crippen LogP) is 3.80. The van der Waals surface area contributed by atoms with Crippen LogP contribution in [0.4, 0.5) is 0 Å². The minimum Gasteiger partial charge on any atom is -0.461 e. The summed E-state index contributed by atoms with van der Waals surface area (Å²) in [6, 6.07) is 3.83. The Kier molecular flexibility index (Phi) is 4.23. The Labute approximate surface area is 128 Å². The van der Waals surface area contributed by atoms with Gasteiger partial charge in [-0.05, 0) is 26.0 Å². The lowest BCUT2D eigenvalue weighted by atomic mass is 9.91. The number of ketones is 1. The van der Waals surface area contributed by atoms with Crippen molar-refractivity contribution in [2.24, 2.45) is 5.41 Å². The molecule has 0 aliphatic rings. The molecule has 0 radical (unpaired) electrons. The largest absolute Gasteiger partial charge is 0.461 e. The van der Waals surface area contributed by atoms with Gasteiger partial charge in [0.15, 0.2) is 5.78 Å². The van der Waals surface area contributed by atoms with Crippen LogP contribution in [-0.4, -0.2) is 22.9 Å². The number of carbonyl (C=O) groups excluding carboxylic acids is 2. The molecule has 21 heavy (non-hydrogen) atoms. The number of aryl methyl sites for hydroxylation is 1. The van der Waals surface area contributed by atoms with Crippen LogP contribution in [-0.2, 0) is 16.1 Å². The van der Waals surface area contributed by atoms with E-state index in [2.05, 4.69) is 0 Å². The van der Waals surface area contributed by atoms with Gasteiger partial charge >= 0.3 is 5.97 Å². The highest BCUT2D eigenvalue weighted by atomic mass is 32.1. The third-order valence-electron chi connectivity index (χ3n) is 3.34.